The Morgan fingerprint density at radius 2 is 2.13 bits per heavy atom. The van der Waals surface area contributed by atoms with Crippen molar-refractivity contribution in [3.63, 3.8) is 0 Å². The van der Waals surface area contributed by atoms with Crippen molar-refractivity contribution in [3.8, 4) is 11.3 Å². The van der Waals surface area contributed by atoms with E-state index in [1.54, 1.807) is 30.6 Å². The van der Waals surface area contributed by atoms with Crippen LogP contribution in [0, 0.1) is 5.82 Å². The summed E-state index contributed by atoms with van der Waals surface area (Å²) in [5, 5.41) is 5.76. The van der Waals surface area contributed by atoms with Gasteiger partial charge in [0.05, 0.1) is 25.1 Å². The zero-order valence-corrected chi connectivity index (χ0v) is 16.4. The number of benzene rings is 1. The van der Waals surface area contributed by atoms with Gasteiger partial charge >= 0.3 is 0 Å². The van der Waals surface area contributed by atoms with Crippen LogP contribution in [-0.2, 0) is 9.53 Å². The highest BCUT2D eigenvalue weighted by Gasteiger charge is 2.25. The highest BCUT2D eigenvalue weighted by Crippen LogP contribution is 2.27. The van der Waals surface area contributed by atoms with E-state index >= 15 is 0 Å². The summed E-state index contributed by atoms with van der Waals surface area (Å²) in [7, 11) is 0. The van der Waals surface area contributed by atoms with Crippen molar-refractivity contribution in [2.45, 2.75) is 13.0 Å². The molecule has 4 heterocycles. The summed E-state index contributed by atoms with van der Waals surface area (Å²) in [4.78, 5) is 23.4. The molecule has 0 bridgehead atoms. The number of morpholine rings is 1. The molecule has 1 atom stereocenters. The summed E-state index contributed by atoms with van der Waals surface area (Å²) in [6, 6.07) is 5.87. The largest absolute Gasteiger partial charge is 0.378 e. The van der Waals surface area contributed by atoms with E-state index in [0.717, 1.165) is 24.5 Å². The SMILES string of the molecule is CC1=CNC1C(=O)Nc1ccc(F)c(-c2ccn3c(N4CCOCC4)cnc3n2)c1. The Labute approximate surface area is 172 Å². The molecule has 0 saturated carbocycles. The van der Waals surface area contributed by atoms with Gasteiger partial charge in [0, 0.05) is 30.5 Å². The molecule has 0 radical (unpaired) electrons. The van der Waals surface area contributed by atoms with Crippen LogP contribution in [0.25, 0.3) is 17.0 Å². The van der Waals surface area contributed by atoms with Crippen LogP contribution in [0.5, 0.6) is 0 Å². The van der Waals surface area contributed by atoms with Crippen LogP contribution in [0.1, 0.15) is 6.92 Å². The quantitative estimate of drug-likeness (QED) is 0.689. The zero-order chi connectivity index (χ0) is 20.7. The monoisotopic (exact) mass is 408 g/mol. The third-order valence-corrected chi connectivity index (χ3v) is 5.40. The highest BCUT2D eigenvalue weighted by molar-refractivity contribution is 5.98. The summed E-state index contributed by atoms with van der Waals surface area (Å²) in [5.41, 5.74) is 2.22. The van der Waals surface area contributed by atoms with Crippen LogP contribution in [-0.4, -0.2) is 52.6 Å². The fraction of sp³-hybridized carbons (Fsp3) is 0.286. The number of carbonyl (C=O) groups is 1. The number of aromatic nitrogens is 3. The van der Waals surface area contributed by atoms with Crippen molar-refractivity contribution >= 4 is 23.2 Å². The third kappa shape index (κ3) is 3.26. The van der Waals surface area contributed by atoms with E-state index < -0.39 is 5.82 Å². The number of carbonyl (C=O) groups excluding carboxylic acids is 1. The second kappa shape index (κ2) is 7.42. The van der Waals surface area contributed by atoms with Crippen molar-refractivity contribution in [2.75, 3.05) is 36.5 Å². The molecule has 2 aromatic heterocycles. The van der Waals surface area contributed by atoms with Crippen molar-refractivity contribution in [1.82, 2.24) is 19.7 Å². The molecule has 154 valence electrons. The van der Waals surface area contributed by atoms with Crippen molar-refractivity contribution in [1.29, 1.82) is 0 Å². The first-order chi connectivity index (χ1) is 14.6. The number of fused-ring (bicyclic) bond motifs is 1. The van der Waals surface area contributed by atoms with Crippen LogP contribution >= 0.6 is 0 Å². The zero-order valence-electron chi connectivity index (χ0n) is 16.4. The van der Waals surface area contributed by atoms with E-state index in [-0.39, 0.29) is 11.9 Å². The first-order valence-corrected chi connectivity index (χ1v) is 9.80. The number of nitrogens with zero attached hydrogens (tertiary/aromatic N) is 4. The lowest BCUT2D eigenvalue weighted by Crippen LogP contribution is -2.45. The van der Waals surface area contributed by atoms with Crippen LogP contribution in [0.4, 0.5) is 15.9 Å². The minimum absolute atomic E-state index is 0.181. The topological polar surface area (TPSA) is 83.8 Å². The van der Waals surface area contributed by atoms with E-state index in [0.29, 0.717) is 35.9 Å². The Hall–Kier alpha value is -3.46. The number of halogens is 1. The molecule has 1 aromatic carbocycles. The summed E-state index contributed by atoms with van der Waals surface area (Å²) in [6.07, 6.45) is 5.40. The molecule has 0 aliphatic carbocycles. The number of hydrogen-bond acceptors (Lipinski definition) is 6. The van der Waals surface area contributed by atoms with Gasteiger partial charge in [-0.25, -0.2) is 14.4 Å². The number of amides is 1. The maximum Gasteiger partial charge on any atom is 0.251 e. The minimum atomic E-state index is -0.414. The highest BCUT2D eigenvalue weighted by atomic mass is 19.1. The third-order valence-electron chi connectivity index (χ3n) is 5.40. The lowest BCUT2D eigenvalue weighted by atomic mass is 10.0. The van der Waals surface area contributed by atoms with Crippen molar-refractivity contribution < 1.29 is 13.9 Å². The average Bonchev–Trinajstić information content (AvgIpc) is 3.18. The van der Waals surface area contributed by atoms with Gasteiger partial charge in [-0.1, -0.05) is 0 Å². The molecule has 5 rings (SSSR count). The van der Waals surface area contributed by atoms with E-state index in [1.807, 2.05) is 17.5 Å². The van der Waals surface area contributed by atoms with Gasteiger partial charge in [-0.2, -0.15) is 0 Å². The number of anilines is 2. The number of imidazole rings is 1. The standard InChI is InChI=1S/C21H21FN6O2/c1-13-11-23-19(13)20(29)25-14-2-3-16(22)15(10-14)17-4-5-28-18(12-24-21(28)26-17)27-6-8-30-9-7-27/h2-5,10-12,19,23H,6-9H2,1H3,(H,25,29). The average molecular weight is 408 g/mol. The Kier molecular flexibility index (Phi) is 4.59. The fourth-order valence-corrected chi connectivity index (χ4v) is 3.66. The van der Waals surface area contributed by atoms with Crippen LogP contribution in [0.2, 0.25) is 0 Å². The number of nitrogens with one attached hydrogen (secondary N) is 2. The van der Waals surface area contributed by atoms with Gasteiger partial charge in [-0.05, 0) is 43.0 Å². The molecular weight excluding hydrogens is 387 g/mol. The van der Waals surface area contributed by atoms with Crippen LogP contribution in [0.15, 0.2) is 48.4 Å². The molecule has 1 fully saturated rings. The van der Waals surface area contributed by atoms with E-state index in [4.69, 9.17) is 4.74 Å². The number of ether oxygens (including phenoxy) is 1. The molecule has 8 nitrogen and oxygen atoms in total. The van der Waals surface area contributed by atoms with Gasteiger partial charge in [0.1, 0.15) is 17.7 Å². The van der Waals surface area contributed by atoms with E-state index in [1.165, 1.54) is 6.07 Å². The lowest BCUT2D eigenvalue weighted by Gasteiger charge is -2.27. The number of hydrogen-bond donors (Lipinski definition) is 2. The van der Waals surface area contributed by atoms with Crippen LogP contribution in [0.3, 0.4) is 0 Å². The first-order valence-electron chi connectivity index (χ1n) is 9.80. The van der Waals surface area contributed by atoms with E-state index in [2.05, 4.69) is 25.5 Å². The van der Waals surface area contributed by atoms with Gasteiger partial charge in [0.2, 0.25) is 5.78 Å². The molecule has 0 spiro atoms. The Bertz CT molecular complexity index is 1150. The molecule has 3 aromatic rings. The molecule has 1 amide bonds. The second-order valence-electron chi connectivity index (χ2n) is 7.37. The summed E-state index contributed by atoms with van der Waals surface area (Å²) < 4.78 is 21.9. The van der Waals surface area contributed by atoms with Gasteiger partial charge in [0.15, 0.2) is 0 Å². The molecule has 1 saturated heterocycles. The molecule has 2 aliphatic heterocycles. The molecular formula is C21H21FN6O2. The van der Waals surface area contributed by atoms with Gasteiger partial charge in [-0.3, -0.25) is 9.20 Å². The number of rotatable bonds is 4. The fourth-order valence-electron chi connectivity index (χ4n) is 3.66. The maximum atomic E-state index is 14.6. The smallest absolute Gasteiger partial charge is 0.251 e. The summed E-state index contributed by atoms with van der Waals surface area (Å²) >= 11 is 0. The first kappa shape index (κ1) is 18.6. The normalized spacial score (nSPS) is 18.5. The molecule has 2 N–H and O–H groups in total. The van der Waals surface area contributed by atoms with E-state index in [9.17, 15) is 9.18 Å². The van der Waals surface area contributed by atoms with Gasteiger partial charge in [-0.15, -0.1) is 0 Å². The minimum Gasteiger partial charge on any atom is -0.378 e. The van der Waals surface area contributed by atoms with Gasteiger partial charge in [0.25, 0.3) is 5.91 Å². The maximum absolute atomic E-state index is 14.6. The van der Waals surface area contributed by atoms with Crippen molar-refractivity contribution in [2.24, 2.45) is 0 Å². The molecule has 30 heavy (non-hydrogen) atoms. The summed E-state index contributed by atoms with van der Waals surface area (Å²) in [6.45, 7) is 4.81. The Morgan fingerprint density at radius 1 is 1.30 bits per heavy atom. The second-order valence-corrected chi connectivity index (χ2v) is 7.37. The van der Waals surface area contributed by atoms with Gasteiger partial charge < -0.3 is 20.3 Å². The van der Waals surface area contributed by atoms with Crippen molar-refractivity contribution in [3.05, 3.63) is 54.2 Å². The predicted octanol–water partition coefficient (Wildman–Crippen LogP) is 2.19. The molecule has 9 heteroatoms. The Balaban J connectivity index is 1.43. The molecule has 1 unspecified atom stereocenters. The summed E-state index contributed by atoms with van der Waals surface area (Å²) in [5.74, 6) is 0.828. The predicted molar refractivity (Wildman–Crippen MR) is 111 cm³/mol. The Morgan fingerprint density at radius 3 is 2.87 bits per heavy atom. The lowest BCUT2D eigenvalue weighted by molar-refractivity contribution is -0.117. The van der Waals surface area contributed by atoms with Crippen LogP contribution < -0.4 is 15.5 Å². The molecule has 2 aliphatic rings.